The number of hydrogen-bond acceptors (Lipinski definition) is 16. The van der Waals surface area contributed by atoms with E-state index in [0.717, 1.165) is 17.7 Å². The molecule has 3 aromatic heterocycles. The number of anilines is 2. The van der Waals surface area contributed by atoms with Gasteiger partial charge in [0.05, 0.1) is 105 Å². The fraction of sp³-hybridized carbons (Fsp3) is 0.576. The molecule has 0 bridgehead atoms. The van der Waals surface area contributed by atoms with Crippen LogP contribution in [0.15, 0.2) is 47.1 Å². The van der Waals surface area contributed by atoms with Gasteiger partial charge in [-0.05, 0) is 36.2 Å². The zero-order chi connectivity index (χ0) is 34.9. The largest absolute Gasteiger partial charge is 0.491 e. The lowest BCUT2D eigenvalue weighted by Gasteiger charge is -2.09. The van der Waals surface area contributed by atoms with Crippen molar-refractivity contribution in [3.63, 3.8) is 0 Å². The SMILES string of the molecule is COCCOCCOCCOCCOCCOCCOCCOCCOc1ccc(CCNc2nc(N)n3nc(-c4ccco4)nc3n2)cc1. The van der Waals surface area contributed by atoms with Crippen LogP contribution in [-0.4, -0.2) is 144 Å². The molecular weight excluding hydrogens is 654 g/mol. The number of nitrogens with two attached hydrogens (primary N) is 1. The zero-order valence-corrected chi connectivity index (χ0v) is 28.7. The number of nitrogens with one attached hydrogen (secondary N) is 1. The van der Waals surface area contributed by atoms with E-state index in [9.17, 15) is 0 Å². The Labute approximate surface area is 291 Å². The normalized spacial score (nSPS) is 11.5. The number of hydrogen-bond donors (Lipinski definition) is 2. The average molecular weight is 704 g/mol. The molecule has 1 aromatic carbocycles. The van der Waals surface area contributed by atoms with E-state index in [1.807, 2.05) is 24.3 Å². The van der Waals surface area contributed by atoms with Gasteiger partial charge in [-0.3, -0.25) is 0 Å². The molecule has 4 aromatic rings. The van der Waals surface area contributed by atoms with E-state index >= 15 is 0 Å². The Morgan fingerprint density at radius 2 is 1.20 bits per heavy atom. The summed E-state index contributed by atoms with van der Waals surface area (Å²) in [6.07, 6.45) is 2.31. The molecule has 0 aliphatic carbocycles. The molecular formula is C33H49N7O10. The second kappa shape index (κ2) is 24.2. The molecule has 0 saturated heterocycles. The Hall–Kier alpha value is -3.94. The van der Waals surface area contributed by atoms with Crippen molar-refractivity contribution in [2.45, 2.75) is 6.42 Å². The predicted octanol–water partition coefficient (Wildman–Crippen LogP) is 2.16. The van der Waals surface area contributed by atoms with E-state index in [1.54, 1.807) is 25.5 Å². The standard InChI is InChI=1S/C33H49N7O10/c1-41-11-12-42-13-14-43-15-16-44-17-18-45-19-20-46-21-22-47-23-24-48-25-26-49-28-6-4-27(5-7-28)8-9-35-32-37-31(34)40-33(38-32)36-30(39-40)29-3-2-10-50-29/h2-7,10H,8-9,11-26H2,1H3,(H3,34,35,36,37,38,39). The van der Waals surface area contributed by atoms with Crippen molar-refractivity contribution in [1.29, 1.82) is 0 Å². The highest BCUT2D eigenvalue weighted by Gasteiger charge is 2.13. The molecule has 0 spiro atoms. The Morgan fingerprint density at radius 3 is 1.72 bits per heavy atom. The van der Waals surface area contributed by atoms with Crippen LogP contribution >= 0.6 is 0 Å². The molecule has 0 atom stereocenters. The van der Waals surface area contributed by atoms with Crippen LogP contribution in [0.2, 0.25) is 0 Å². The minimum Gasteiger partial charge on any atom is -0.491 e. The molecule has 0 radical (unpaired) electrons. The smallest absolute Gasteiger partial charge is 0.259 e. The first-order chi connectivity index (χ1) is 24.7. The Kier molecular flexibility index (Phi) is 18.8. The number of fused-ring (bicyclic) bond motifs is 1. The Balaban J connectivity index is 0.907. The number of ether oxygens (including phenoxy) is 9. The van der Waals surface area contributed by atoms with Crippen LogP contribution in [0.4, 0.5) is 11.9 Å². The molecule has 4 rings (SSSR count). The second-order valence-electron chi connectivity index (χ2n) is 10.5. The van der Waals surface area contributed by atoms with Crippen molar-refractivity contribution >= 4 is 17.7 Å². The summed E-state index contributed by atoms with van der Waals surface area (Å²) in [5.74, 6) is 2.58. The average Bonchev–Trinajstić information content (AvgIpc) is 3.82. The highest BCUT2D eigenvalue weighted by molar-refractivity contribution is 5.52. The molecule has 17 nitrogen and oxygen atoms in total. The van der Waals surface area contributed by atoms with Crippen LogP contribution in [0.1, 0.15) is 5.56 Å². The number of rotatable bonds is 30. The van der Waals surface area contributed by atoms with Gasteiger partial charge in [0, 0.05) is 13.7 Å². The first-order valence-corrected chi connectivity index (χ1v) is 16.7. The van der Waals surface area contributed by atoms with Crippen molar-refractivity contribution in [3.8, 4) is 17.3 Å². The maximum Gasteiger partial charge on any atom is 0.259 e. The lowest BCUT2D eigenvalue weighted by Crippen LogP contribution is -2.15. The summed E-state index contributed by atoms with van der Waals surface area (Å²) in [5.41, 5.74) is 7.18. The molecule has 17 heteroatoms. The van der Waals surface area contributed by atoms with E-state index in [-0.39, 0.29) is 5.95 Å². The third-order valence-corrected chi connectivity index (χ3v) is 6.76. The van der Waals surface area contributed by atoms with Crippen molar-refractivity contribution in [3.05, 3.63) is 48.2 Å². The van der Waals surface area contributed by atoms with Crippen LogP contribution < -0.4 is 15.8 Å². The summed E-state index contributed by atoms with van der Waals surface area (Å²) in [6.45, 7) is 8.82. The van der Waals surface area contributed by atoms with E-state index < -0.39 is 0 Å². The molecule has 50 heavy (non-hydrogen) atoms. The monoisotopic (exact) mass is 703 g/mol. The number of aromatic nitrogens is 5. The highest BCUT2D eigenvalue weighted by atomic mass is 16.6. The highest BCUT2D eigenvalue weighted by Crippen LogP contribution is 2.18. The summed E-state index contributed by atoms with van der Waals surface area (Å²) in [5, 5.41) is 7.49. The Bertz CT molecular complexity index is 1430. The van der Waals surface area contributed by atoms with E-state index in [0.29, 0.717) is 136 Å². The number of methoxy groups -OCH3 is 1. The summed E-state index contributed by atoms with van der Waals surface area (Å²) in [4.78, 5) is 13.1. The van der Waals surface area contributed by atoms with Gasteiger partial charge in [-0.25, -0.2) is 0 Å². The van der Waals surface area contributed by atoms with Crippen LogP contribution in [0.25, 0.3) is 17.4 Å². The topological polar surface area (TPSA) is 190 Å². The van der Waals surface area contributed by atoms with Gasteiger partial charge < -0.3 is 58.1 Å². The maximum absolute atomic E-state index is 6.05. The second-order valence-corrected chi connectivity index (χ2v) is 10.5. The van der Waals surface area contributed by atoms with Crippen molar-refractivity contribution < 1.29 is 47.0 Å². The predicted molar refractivity (Wildman–Crippen MR) is 182 cm³/mol. The van der Waals surface area contributed by atoms with Crippen molar-refractivity contribution in [1.82, 2.24) is 24.6 Å². The summed E-state index contributed by atoms with van der Waals surface area (Å²) in [6, 6.07) is 11.4. The lowest BCUT2D eigenvalue weighted by atomic mass is 10.1. The van der Waals surface area contributed by atoms with Gasteiger partial charge in [0.15, 0.2) is 5.76 Å². The van der Waals surface area contributed by atoms with Gasteiger partial charge in [-0.15, -0.1) is 5.10 Å². The quantitative estimate of drug-likeness (QED) is 0.0751. The number of furan rings is 1. The van der Waals surface area contributed by atoms with E-state index in [4.69, 9.17) is 52.8 Å². The molecule has 0 aliphatic heterocycles. The molecule has 3 heterocycles. The molecule has 276 valence electrons. The minimum absolute atomic E-state index is 0.178. The molecule has 3 N–H and O–H groups in total. The fourth-order valence-electron chi connectivity index (χ4n) is 4.25. The van der Waals surface area contributed by atoms with Gasteiger partial charge in [-0.1, -0.05) is 12.1 Å². The summed E-state index contributed by atoms with van der Waals surface area (Å²) in [7, 11) is 1.64. The van der Waals surface area contributed by atoms with Gasteiger partial charge >= 0.3 is 0 Å². The van der Waals surface area contributed by atoms with Gasteiger partial charge in [0.25, 0.3) is 5.78 Å². The maximum atomic E-state index is 6.05. The third kappa shape index (κ3) is 15.3. The van der Waals surface area contributed by atoms with Crippen molar-refractivity contribution in [2.24, 2.45) is 0 Å². The number of benzene rings is 1. The van der Waals surface area contributed by atoms with Crippen LogP contribution in [0, 0.1) is 0 Å². The first-order valence-electron chi connectivity index (χ1n) is 16.7. The molecule has 0 aliphatic rings. The van der Waals surface area contributed by atoms with E-state index in [2.05, 4.69) is 25.4 Å². The summed E-state index contributed by atoms with van der Waals surface area (Å²) >= 11 is 0. The third-order valence-electron chi connectivity index (χ3n) is 6.76. The molecule has 0 amide bonds. The van der Waals surface area contributed by atoms with E-state index in [1.165, 1.54) is 4.52 Å². The molecule has 0 unspecified atom stereocenters. The van der Waals surface area contributed by atoms with Gasteiger partial charge in [0.1, 0.15) is 12.4 Å². The van der Waals surface area contributed by atoms with Gasteiger partial charge in [-0.2, -0.15) is 19.5 Å². The minimum atomic E-state index is 0.178. The number of nitrogens with zero attached hydrogens (tertiary/aromatic N) is 5. The van der Waals surface area contributed by atoms with Gasteiger partial charge in [0.2, 0.25) is 17.7 Å². The van der Waals surface area contributed by atoms with Crippen LogP contribution in [-0.2, 0) is 44.3 Å². The lowest BCUT2D eigenvalue weighted by molar-refractivity contribution is -0.0227. The van der Waals surface area contributed by atoms with Crippen LogP contribution in [0.5, 0.6) is 5.75 Å². The molecule has 0 fully saturated rings. The fourth-order valence-corrected chi connectivity index (χ4v) is 4.25. The van der Waals surface area contributed by atoms with Crippen LogP contribution in [0.3, 0.4) is 0 Å². The summed E-state index contributed by atoms with van der Waals surface area (Å²) < 4.78 is 55.7. The molecule has 0 saturated carbocycles. The zero-order valence-electron chi connectivity index (χ0n) is 28.7. The number of nitrogen functional groups attached to an aromatic ring is 1. The first kappa shape index (κ1) is 38.9. The van der Waals surface area contributed by atoms with Crippen molar-refractivity contribution in [2.75, 3.05) is 130 Å². The Morgan fingerprint density at radius 1 is 0.660 bits per heavy atom.